The molecule has 0 aromatic heterocycles. The van der Waals surface area contributed by atoms with Crippen molar-refractivity contribution in [2.75, 3.05) is 28.3 Å². The zero-order chi connectivity index (χ0) is 6.57. The minimum absolute atomic E-state index is 0.644. The van der Waals surface area contributed by atoms with Crippen LogP contribution in [0.3, 0.4) is 0 Å². The van der Waals surface area contributed by atoms with Gasteiger partial charge in [-0.1, -0.05) is 0 Å². The zero-order valence-electron chi connectivity index (χ0n) is 5.80. The Kier molecular flexibility index (Phi) is 2.99. The number of rotatable bonds is 0. The van der Waals surface area contributed by atoms with E-state index in [-0.39, 0.29) is 0 Å². The minimum atomic E-state index is 0.644. The fourth-order valence-corrected chi connectivity index (χ4v) is 0.474. The lowest BCUT2D eigenvalue weighted by molar-refractivity contribution is 0.330. The highest BCUT2D eigenvalue weighted by atomic mass is 16.5. The second kappa shape index (κ2) is 3.29. The van der Waals surface area contributed by atoms with Crippen molar-refractivity contribution < 1.29 is 4.74 Å². The van der Waals surface area contributed by atoms with Gasteiger partial charge in [0.15, 0.2) is 0 Å². The summed E-state index contributed by atoms with van der Waals surface area (Å²) < 4.78 is 4.84. The quantitative estimate of drug-likeness (QED) is 0.333. The number of ether oxygens (including phenoxy) is 1. The first-order chi connectivity index (χ1) is 3.72. The van der Waals surface area contributed by atoms with Crippen LogP contribution in [0.4, 0.5) is 0 Å². The van der Waals surface area contributed by atoms with E-state index in [0.29, 0.717) is 6.02 Å². The van der Waals surface area contributed by atoms with E-state index in [1.807, 2.05) is 14.1 Å². The number of hydrogen-bond acceptors (Lipinski definition) is 2. The first-order valence-electron chi connectivity index (χ1n) is 2.40. The molecule has 0 aliphatic carbocycles. The highest BCUT2D eigenvalue weighted by Crippen LogP contribution is 1.80. The van der Waals surface area contributed by atoms with Crippen molar-refractivity contribution in [2.45, 2.75) is 0 Å². The molecule has 0 N–H and O–H groups in total. The van der Waals surface area contributed by atoms with Crippen molar-refractivity contribution >= 4 is 6.02 Å². The largest absolute Gasteiger partial charge is 0.469 e. The Morgan fingerprint density at radius 2 is 2.00 bits per heavy atom. The van der Waals surface area contributed by atoms with Gasteiger partial charge < -0.3 is 9.64 Å². The van der Waals surface area contributed by atoms with Crippen LogP contribution in [0.2, 0.25) is 0 Å². The van der Waals surface area contributed by atoms with Crippen molar-refractivity contribution in [2.24, 2.45) is 4.99 Å². The molecule has 0 radical (unpaired) electrons. The highest BCUT2D eigenvalue weighted by molar-refractivity contribution is 5.72. The Labute approximate surface area is 50.0 Å². The smallest absolute Gasteiger partial charge is 0.286 e. The maximum absolute atomic E-state index is 4.84. The van der Waals surface area contributed by atoms with Gasteiger partial charge in [0, 0.05) is 21.1 Å². The molecule has 0 saturated carbocycles. The molecular formula is C5H12N2O. The number of nitrogens with zero attached hydrogens (tertiary/aromatic N) is 2. The van der Waals surface area contributed by atoms with Gasteiger partial charge in [-0.25, -0.2) is 4.99 Å². The second-order valence-electron chi connectivity index (χ2n) is 1.60. The van der Waals surface area contributed by atoms with Gasteiger partial charge in [-0.3, -0.25) is 0 Å². The Bertz CT molecular complexity index is 88.4. The lowest BCUT2D eigenvalue weighted by Gasteiger charge is -2.11. The van der Waals surface area contributed by atoms with Crippen LogP contribution >= 0.6 is 0 Å². The van der Waals surface area contributed by atoms with Crippen molar-refractivity contribution in [1.82, 2.24) is 4.90 Å². The molecule has 0 saturated heterocycles. The summed E-state index contributed by atoms with van der Waals surface area (Å²) >= 11 is 0. The van der Waals surface area contributed by atoms with Gasteiger partial charge >= 0.3 is 0 Å². The third-order valence-corrected chi connectivity index (χ3v) is 0.756. The molecule has 3 heteroatoms. The topological polar surface area (TPSA) is 24.8 Å². The summed E-state index contributed by atoms with van der Waals surface area (Å²) in [6.07, 6.45) is 0. The Balaban J connectivity index is 3.72. The van der Waals surface area contributed by atoms with Crippen LogP contribution in [0.15, 0.2) is 4.99 Å². The highest BCUT2D eigenvalue weighted by Gasteiger charge is 1.94. The van der Waals surface area contributed by atoms with Crippen LogP contribution in [-0.2, 0) is 4.74 Å². The van der Waals surface area contributed by atoms with E-state index in [0.717, 1.165) is 0 Å². The van der Waals surface area contributed by atoms with Crippen LogP contribution in [0.5, 0.6) is 0 Å². The number of amidine groups is 1. The van der Waals surface area contributed by atoms with E-state index in [9.17, 15) is 0 Å². The minimum Gasteiger partial charge on any atom is -0.469 e. The molecule has 0 heterocycles. The fourth-order valence-electron chi connectivity index (χ4n) is 0.474. The monoisotopic (exact) mass is 116 g/mol. The summed E-state index contributed by atoms with van der Waals surface area (Å²) in [5, 5.41) is 0. The third kappa shape index (κ3) is 1.82. The molecule has 0 aliphatic rings. The molecule has 0 aromatic carbocycles. The van der Waals surface area contributed by atoms with Crippen LogP contribution in [0.25, 0.3) is 0 Å². The molecule has 0 unspecified atom stereocenters. The summed E-state index contributed by atoms with van der Waals surface area (Å²) in [6.45, 7) is 0. The molecule has 0 spiro atoms. The lowest BCUT2D eigenvalue weighted by Crippen LogP contribution is -2.23. The van der Waals surface area contributed by atoms with Gasteiger partial charge in [0.2, 0.25) is 0 Å². The van der Waals surface area contributed by atoms with Gasteiger partial charge in [0.1, 0.15) is 0 Å². The molecule has 8 heavy (non-hydrogen) atoms. The summed E-state index contributed by atoms with van der Waals surface area (Å²) in [6, 6.07) is 0.644. The Morgan fingerprint density at radius 1 is 1.50 bits per heavy atom. The lowest BCUT2D eigenvalue weighted by atomic mass is 10.9. The Morgan fingerprint density at radius 3 is 2.00 bits per heavy atom. The van der Waals surface area contributed by atoms with Gasteiger partial charge in [-0.2, -0.15) is 0 Å². The molecule has 48 valence electrons. The molecule has 0 aliphatic heterocycles. The molecule has 3 nitrogen and oxygen atoms in total. The van der Waals surface area contributed by atoms with E-state index < -0.39 is 0 Å². The molecule has 0 amide bonds. The Hall–Kier alpha value is -0.730. The zero-order valence-corrected chi connectivity index (χ0v) is 5.80. The summed E-state index contributed by atoms with van der Waals surface area (Å²) in [5.74, 6) is 0. The maximum Gasteiger partial charge on any atom is 0.286 e. The van der Waals surface area contributed by atoms with Crippen LogP contribution in [-0.4, -0.2) is 39.2 Å². The average Bonchev–Trinajstić information content (AvgIpc) is 1.69. The molecular weight excluding hydrogens is 104 g/mol. The summed E-state index contributed by atoms with van der Waals surface area (Å²) in [7, 11) is 7.05. The summed E-state index contributed by atoms with van der Waals surface area (Å²) in [5.41, 5.74) is 0. The normalized spacial score (nSPS) is 11.2. The van der Waals surface area contributed by atoms with Crippen molar-refractivity contribution in [3.05, 3.63) is 0 Å². The summed E-state index contributed by atoms with van der Waals surface area (Å²) in [4.78, 5) is 5.63. The standard InChI is InChI=1S/C5H12N2O/c1-6-5(8-4)7(2)3/h1-4H3/b6-5-. The number of hydrogen-bond donors (Lipinski definition) is 0. The van der Waals surface area contributed by atoms with E-state index in [1.54, 1.807) is 19.1 Å². The van der Waals surface area contributed by atoms with Crippen LogP contribution in [0.1, 0.15) is 0 Å². The SMILES string of the molecule is C/N=C(\OC)N(C)C. The predicted octanol–water partition coefficient (Wildman–Crippen LogP) is 0.180. The molecule has 0 aromatic rings. The van der Waals surface area contributed by atoms with Gasteiger partial charge in [0.25, 0.3) is 6.02 Å². The molecule has 0 rings (SSSR count). The second-order valence-corrected chi connectivity index (χ2v) is 1.60. The number of aliphatic imine (C=N–C) groups is 1. The first-order valence-corrected chi connectivity index (χ1v) is 2.40. The fraction of sp³-hybridized carbons (Fsp3) is 0.800. The third-order valence-electron chi connectivity index (χ3n) is 0.756. The maximum atomic E-state index is 4.84. The van der Waals surface area contributed by atoms with Crippen LogP contribution in [0, 0.1) is 0 Å². The van der Waals surface area contributed by atoms with E-state index in [2.05, 4.69) is 4.99 Å². The van der Waals surface area contributed by atoms with Crippen molar-refractivity contribution in [3.8, 4) is 0 Å². The molecule has 0 atom stereocenters. The molecule has 0 bridgehead atoms. The van der Waals surface area contributed by atoms with E-state index >= 15 is 0 Å². The van der Waals surface area contributed by atoms with E-state index in [4.69, 9.17) is 4.74 Å². The average molecular weight is 116 g/mol. The van der Waals surface area contributed by atoms with Gasteiger partial charge in [-0.05, 0) is 0 Å². The first kappa shape index (κ1) is 7.27. The predicted molar refractivity (Wildman–Crippen MR) is 34.1 cm³/mol. The van der Waals surface area contributed by atoms with Crippen molar-refractivity contribution in [1.29, 1.82) is 0 Å². The van der Waals surface area contributed by atoms with Gasteiger partial charge in [-0.15, -0.1) is 0 Å². The van der Waals surface area contributed by atoms with Gasteiger partial charge in [0.05, 0.1) is 7.11 Å². The van der Waals surface area contributed by atoms with E-state index in [1.165, 1.54) is 0 Å². The molecule has 0 fully saturated rings. The van der Waals surface area contributed by atoms with Crippen molar-refractivity contribution in [3.63, 3.8) is 0 Å². The van der Waals surface area contributed by atoms with Crippen LogP contribution < -0.4 is 0 Å². The number of methoxy groups -OCH3 is 1.